The smallest absolute Gasteiger partial charge is 0.266 e. The van der Waals surface area contributed by atoms with Crippen LogP contribution in [0.4, 0.5) is 8.78 Å². The molecule has 1 aromatic heterocycles. The average Bonchev–Trinajstić information content (AvgIpc) is 2.68. The van der Waals surface area contributed by atoms with Crippen molar-refractivity contribution in [3.8, 4) is 5.69 Å². The van der Waals surface area contributed by atoms with E-state index >= 15 is 0 Å². The van der Waals surface area contributed by atoms with Gasteiger partial charge < -0.3 is 0 Å². The molecule has 0 saturated heterocycles. The molecule has 0 aliphatic carbocycles. The molecule has 3 aromatic carbocycles. The van der Waals surface area contributed by atoms with E-state index < -0.39 is 5.82 Å². The third-order valence-electron chi connectivity index (χ3n) is 4.16. The molecule has 3 nitrogen and oxygen atoms in total. The summed E-state index contributed by atoms with van der Waals surface area (Å²) in [5.41, 5.74) is 1.44. The molecule has 0 aliphatic heterocycles. The van der Waals surface area contributed by atoms with E-state index in [4.69, 9.17) is 0 Å². The number of rotatable bonds is 3. The molecule has 4 rings (SSSR count). The predicted octanol–water partition coefficient (Wildman–Crippen LogP) is 4.83. The third-order valence-corrected chi connectivity index (χ3v) is 4.16. The van der Waals surface area contributed by atoms with Crippen LogP contribution in [0.15, 0.2) is 77.6 Å². The fourth-order valence-corrected chi connectivity index (χ4v) is 2.88. The maximum atomic E-state index is 13.4. The van der Waals surface area contributed by atoms with E-state index in [1.807, 2.05) is 0 Å². The summed E-state index contributed by atoms with van der Waals surface area (Å²) >= 11 is 0. The van der Waals surface area contributed by atoms with E-state index in [9.17, 15) is 13.6 Å². The van der Waals surface area contributed by atoms with Gasteiger partial charge in [-0.2, -0.15) is 0 Å². The first-order valence-electron chi connectivity index (χ1n) is 8.33. The lowest BCUT2D eigenvalue weighted by molar-refractivity contribution is 0.627. The Morgan fingerprint density at radius 1 is 0.815 bits per heavy atom. The molecule has 0 unspecified atom stereocenters. The minimum absolute atomic E-state index is 0.258. The number of benzene rings is 3. The predicted molar refractivity (Wildman–Crippen MR) is 103 cm³/mol. The first kappa shape index (κ1) is 16.8. The van der Waals surface area contributed by atoms with E-state index in [-0.39, 0.29) is 11.4 Å². The van der Waals surface area contributed by atoms with Crippen molar-refractivity contribution < 1.29 is 8.78 Å². The summed E-state index contributed by atoms with van der Waals surface area (Å²) in [5, 5.41) is 0.463. The summed E-state index contributed by atoms with van der Waals surface area (Å²) < 4.78 is 28.1. The first-order valence-corrected chi connectivity index (χ1v) is 8.33. The zero-order valence-corrected chi connectivity index (χ0v) is 14.1. The number of halogens is 2. The maximum Gasteiger partial charge on any atom is 0.266 e. The van der Waals surface area contributed by atoms with Gasteiger partial charge in [0.1, 0.15) is 17.5 Å². The maximum absolute atomic E-state index is 13.4. The summed E-state index contributed by atoms with van der Waals surface area (Å²) in [6, 6.07) is 18.7. The lowest BCUT2D eigenvalue weighted by Crippen LogP contribution is -2.22. The van der Waals surface area contributed by atoms with Crippen molar-refractivity contribution in [2.24, 2.45) is 0 Å². The molecule has 0 fully saturated rings. The molecular formula is C22H14F2N2O. The van der Waals surface area contributed by atoms with E-state index in [0.29, 0.717) is 28.0 Å². The van der Waals surface area contributed by atoms with Gasteiger partial charge in [0, 0.05) is 0 Å². The summed E-state index contributed by atoms with van der Waals surface area (Å²) in [5.74, 6) is -0.369. The van der Waals surface area contributed by atoms with Crippen LogP contribution in [0.5, 0.6) is 0 Å². The van der Waals surface area contributed by atoms with Gasteiger partial charge in [0.25, 0.3) is 5.56 Å². The van der Waals surface area contributed by atoms with Gasteiger partial charge in [0.05, 0.1) is 16.6 Å². The molecule has 1 heterocycles. The number of aromatic nitrogens is 2. The van der Waals surface area contributed by atoms with Gasteiger partial charge in [-0.05, 0) is 60.2 Å². The molecule has 0 aliphatic rings. The van der Waals surface area contributed by atoms with Crippen LogP contribution >= 0.6 is 0 Å². The number of fused-ring (bicyclic) bond motifs is 1. The molecule has 132 valence electrons. The Hall–Kier alpha value is -3.60. The van der Waals surface area contributed by atoms with Gasteiger partial charge in [-0.15, -0.1) is 0 Å². The van der Waals surface area contributed by atoms with Crippen LogP contribution in [-0.2, 0) is 0 Å². The molecule has 0 bridgehead atoms. The molecule has 4 aromatic rings. The highest BCUT2D eigenvalue weighted by molar-refractivity contribution is 5.80. The van der Waals surface area contributed by atoms with E-state index in [1.165, 1.54) is 41.0 Å². The standard InChI is InChI=1S/C22H14F2N2O/c23-16-9-11-18(12-10-16)26-21(13-8-15-4-3-5-17(24)14-15)25-20-7-2-1-6-19(20)22(26)27/h1-14H/b13-8+. The van der Waals surface area contributed by atoms with Gasteiger partial charge in [-0.3, -0.25) is 9.36 Å². The summed E-state index contributed by atoms with van der Waals surface area (Å²) in [4.78, 5) is 17.6. The molecule has 0 amide bonds. The minimum atomic E-state index is -0.391. The van der Waals surface area contributed by atoms with Crippen molar-refractivity contribution in [1.29, 1.82) is 0 Å². The van der Waals surface area contributed by atoms with Crippen LogP contribution in [0.3, 0.4) is 0 Å². The highest BCUT2D eigenvalue weighted by Crippen LogP contribution is 2.16. The van der Waals surface area contributed by atoms with Crippen molar-refractivity contribution in [2.45, 2.75) is 0 Å². The first-order chi connectivity index (χ1) is 13.1. The lowest BCUT2D eigenvalue weighted by Gasteiger charge is -2.11. The second-order valence-corrected chi connectivity index (χ2v) is 5.99. The molecule has 27 heavy (non-hydrogen) atoms. The number of nitrogens with zero attached hydrogens (tertiary/aromatic N) is 2. The van der Waals surface area contributed by atoms with Crippen molar-refractivity contribution in [1.82, 2.24) is 9.55 Å². The Balaban J connectivity index is 1.93. The highest BCUT2D eigenvalue weighted by Gasteiger charge is 2.11. The molecule has 5 heteroatoms. The monoisotopic (exact) mass is 360 g/mol. The molecule has 0 saturated carbocycles. The summed E-state index contributed by atoms with van der Waals surface area (Å²) in [6.45, 7) is 0. The Labute approximate surface area is 153 Å². The highest BCUT2D eigenvalue weighted by atomic mass is 19.1. The van der Waals surface area contributed by atoms with Gasteiger partial charge in [0.2, 0.25) is 0 Å². The molecule has 0 atom stereocenters. The summed E-state index contributed by atoms with van der Waals surface area (Å²) in [6.07, 6.45) is 3.33. The SMILES string of the molecule is O=c1c2ccccc2nc(/C=C/c2cccc(F)c2)n1-c1ccc(F)cc1. The average molecular weight is 360 g/mol. The number of para-hydroxylation sites is 1. The van der Waals surface area contributed by atoms with E-state index in [0.717, 1.165) is 0 Å². The quantitative estimate of drug-likeness (QED) is 0.524. The zero-order chi connectivity index (χ0) is 18.8. The second kappa shape index (κ2) is 6.96. The third kappa shape index (κ3) is 3.40. The Kier molecular flexibility index (Phi) is 4.34. The fraction of sp³-hybridized carbons (Fsp3) is 0. The minimum Gasteiger partial charge on any atom is -0.268 e. The van der Waals surface area contributed by atoms with Crippen molar-refractivity contribution in [3.63, 3.8) is 0 Å². The van der Waals surface area contributed by atoms with Crippen LogP contribution in [0.1, 0.15) is 11.4 Å². The van der Waals surface area contributed by atoms with E-state index in [1.54, 1.807) is 48.6 Å². The topological polar surface area (TPSA) is 34.9 Å². The van der Waals surface area contributed by atoms with Gasteiger partial charge in [0.15, 0.2) is 0 Å². The number of hydrogen-bond acceptors (Lipinski definition) is 2. The number of hydrogen-bond donors (Lipinski definition) is 0. The Bertz CT molecular complexity index is 1210. The fourth-order valence-electron chi connectivity index (χ4n) is 2.88. The van der Waals surface area contributed by atoms with Crippen molar-refractivity contribution in [3.05, 3.63) is 106 Å². The van der Waals surface area contributed by atoms with Gasteiger partial charge in [-0.1, -0.05) is 30.3 Å². The van der Waals surface area contributed by atoms with Crippen molar-refractivity contribution in [2.75, 3.05) is 0 Å². The van der Waals surface area contributed by atoms with Crippen molar-refractivity contribution >= 4 is 23.1 Å². The van der Waals surface area contributed by atoms with Gasteiger partial charge >= 0.3 is 0 Å². The Morgan fingerprint density at radius 2 is 1.59 bits per heavy atom. The van der Waals surface area contributed by atoms with Gasteiger partial charge in [-0.25, -0.2) is 13.8 Å². The van der Waals surface area contributed by atoms with E-state index in [2.05, 4.69) is 4.98 Å². The van der Waals surface area contributed by atoms with Crippen LogP contribution < -0.4 is 5.56 Å². The molecule has 0 radical (unpaired) electrons. The zero-order valence-electron chi connectivity index (χ0n) is 14.1. The molecule has 0 N–H and O–H groups in total. The molecular weight excluding hydrogens is 346 g/mol. The lowest BCUT2D eigenvalue weighted by atomic mass is 10.2. The normalized spacial score (nSPS) is 11.3. The Morgan fingerprint density at radius 3 is 2.37 bits per heavy atom. The van der Waals surface area contributed by atoms with Crippen LogP contribution in [0, 0.1) is 11.6 Å². The van der Waals surface area contributed by atoms with Crippen LogP contribution in [0.2, 0.25) is 0 Å². The van der Waals surface area contributed by atoms with Crippen LogP contribution in [0.25, 0.3) is 28.7 Å². The largest absolute Gasteiger partial charge is 0.268 e. The van der Waals surface area contributed by atoms with Crippen LogP contribution in [-0.4, -0.2) is 9.55 Å². The second-order valence-electron chi connectivity index (χ2n) is 5.99. The summed E-state index contributed by atoms with van der Waals surface area (Å²) in [7, 11) is 0. The molecule has 0 spiro atoms.